The molecule has 3 aromatic rings. The first-order valence-electron chi connectivity index (χ1n) is 8.39. The summed E-state index contributed by atoms with van der Waals surface area (Å²) in [6, 6.07) is 10.00. The Bertz CT molecular complexity index is 1160. The predicted octanol–water partition coefficient (Wildman–Crippen LogP) is 1.71. The Balaban J connectivity index is 2.18. The largest absolute Gasteiger partial charge is 0.383 e. The third-order valence-corrected chi connectivity index (χ3v) is 4.43. The second-order valence-electron chi connectivity index (χ2n) is 5.97. The van der Waals surface area contributed by atoms with Crippen molar-refractivity contribution in [3.05, 3.63) is 74.1 Å². The van der Waals surface area contributed by atoms with E-state index in [0.717, 1.165) is 10.6 Å². The molecule has 0 saturated heterocycles. The molecule has 0 bridgehead atoms. The maximum absolute atomic E-state index is 13.5. The van der Waals surface area contributed by atoms with Crippen molar-refractivity contribution in [2.45, 2.75) is 6.54 Å². The lowest BCUT2D eigenvalue weighted by molar-refractivity contribution is -0.121. The molecule has 0 radical (unpaired) electrons. The Morgan fingerprint density at radius 2 is 1.96 bits per heavy atom. The first kappa shape index (κ1) is 19.8. The fourth-order valence-corrected chi connectivity index (χ4v) is 2.99. The summed E-state index contributed by atoms with van der Waals surface area (Å²) in [5, 5.41) is 2.65. The van der Waals surface area contributed by atoms with Crippen LogP contribution in [0.25, 0.3) is 16.6 Å². The number of carbonyl (C=O) groups is 1. The molecule has 3 rings (SSSR count). The minimum Gasteiger partial charge on any atom is -0.383 e. The first-order chi connectivity index (χ1) is 13.4. The molecule has 0 spiro atoms. The Hall–Kier alpha value is -2.97. The summed E-state index contributed by atoms with van der Waals surface area (Å²) in [5.74, 6) is -1.08. The Morgan fingerprint density at radius 3 is 2.68 bits per heavy atom. The standard InChI is InChI=1S/C19H17ClFN3O4/c1-28-9-8-22-17(25)11-23-16-5-3-2-4-13(16)18(26)24(19(23)27)12-6-7-15(21)14(20)10-12/h2-7,10H,8-9,11H2,1H3,(H,22,25). The molecular formula is C19H17ClFN3O4. The quantitative estimate of drug-likeness (QED) is 0.633. The number of aromatic nitrogens is 2. The van der Waals surface area contributed by atoms with Gasteiger partial charge >= 0.3 is 5.69 Å². The molecule has 0 fully saturated rings. The van der Waals surface area contributed by atoms with Crippen molar-refractivity contribution in [3.63, 3.8) is 0 Å². The van der Waals surface area contributed by atoms with Gasteiger partial charge in [0, 0.05) is 13.7 Å². The van der Waals surface area contributed by atoms with E-state index in [-0.39, 0.29) is 29.2 Å². The SMILES string of the molecule is COCCNC(=O)Cn1c(=O)n(-c2ccc(F)c(Cl)c2)c(=O)c2ccccc21. The van der Waals surface area contributed by atoms with Crippen LogP contribution in [0.3, 0.4) is 0 Å². The summed E-state index contributed by atoms with van der Waals surface area (Å²) in [4.78, 5) is 38.2. The molecule has 1 N–H and O–H groups in total. The van der Waals surface area contributed by atoms with Crippen LogP contribution in [0.4, 0.5) is 4.39 Å². The summed E-state index contributed by atoms with van der Waals surface area (Å²) < 4.78 is 20.4. The molecule has 1 aromatic heterocycles. The number of fused-ring (bicyclic) bond motifs is 1. The van der Waals surface area contributed by atoms with Gasteiger partial charge in [-0.3, -0.25) is 14.2 Å². The van der Waals surface area contributed by atoms with Gasteiger partial charge in [-0.1, -0.05) is 23.7 Å². The third kappa shape index (κ3) is 3.83. The number of benzene rings is 2. The zero-order valence-corrected chi connectivity index (χ0v) is 15.7. The second kappa shape index (κ2) is 8.37. The van der Waals surface area contributed by atoms with E-state index in [2.05, 4.69) is 5.32 Å². The minimum atomic E-state index is -0.728. The Labute approximate surface area is 163 Å². The van der Waals surface area contributed by atoms with Gasteiger partial charge in [0.2, 0.25) is 5.91 Å². The molecule has 28 heavy (non-hydrogen) atoms. The highest BCUT2D eigenvalue weighted by Crippen LogP contribution is 2.18. The van der Waals surface area contributed by atoms with Crippen LogP contribution in [-0.4, -0.2) is 35.3 Å². The first-order valence-corrected chi connectivity index (χ1v) is 8.77. The van der Waals surface area contributed by atoms with Crippen LogP contribution in [-0.2, 0) is 16.1 Å². The molecular weight excluding hydrogens is 389 g/mol. The summed E-state index contributed by atoms with van der Waals surface area (Å²) >= 11 is 5.81. The number of para-hydroxylation sites is 1. The second-order valence-corrected chi connectivity index (χ2v) is 6.37. The molecule has 0 atom stereocenters. The van der Waals surface area contributed by atoms with Crippen molar-refractivity contribution in [2.24, 2.45) is 0 Å². The van der Waals surface area contributed by atoms with E-state index in [0.29, 0.717) is 12.1 Å². The molecule has 9 heteroatoms. The van der Waals surface area contributed by atoms with Gasteiger partial charge in [0.1, 0.15) is 12.4 Å². The average molecular weight is 406 g/mol. The van der Waals surface area contributed by atoms with Crippen molar-refractivity contribution in [3.8, 4) is 5.69 Å². The maximum atomic E-state index is 13.5. The number of carbonyl (C=O) groups excluding carboxylic acids is 1. The molecule has 1 heterocycles. The van der Waals surface area contributed by atoms with Crippen LogP contribution in [0.2, 0.25) is 5.02 Å². The fraction of sp³-hybridized carbons (Fsp3) is 0.211. The van der Waals surface area contributed by atoms with Crippen molar-refractivity contribution in [1.82, 2.24) is 14.5 Å². The molecule has 0 unspecified atom stereocenters. The van der Waals surface area contributed by atoms with E-state index < -0.39 is 23.0 Å². The van der Waals surface area contributed by atoms with Gasteiger partial charge in [-0.25, -0.2) is 13.8 Å². The number of nitrogens with one attached hydrogen (secondary N) is 1. The van der Waals surface area contributed by atoms with Crippen LogP contribution in [0.5, 0.6) is 0 Å². The van der Waals surface area contributed by atoms with E-state index in [1.165, 1.54) is 23.8 Å². The maximum Gasteiger partial charge on any atom is 0.336 e. The highest BCUT2D eigenvalue weighted by molar-refractivity contribution is 6.30. The van der Waals surface area contributed by atoms with Crippen molar-refractivity contribution >= 4 is 28.4 Å². The monoisotopic (exact) mass is 405 g/mol. The number of methoxy groups -OCH3 is 1. The van der Waals surface area contributed by atoms with Gasteiger partial charge in [-0.05, 0) is 30.3 Å². The molecule has 0 saturated carbocycles. The van der Waals surface area contributed by atoms with E-state index in [4.69, 9.17) is 16.3 Å². The number of rotatable bonds is 6. The Kier molecular flexibility index (Phi) is 5.91. The zero-order valence-electron chi connectivity index (χ0n) is 14.9. The number of amides is 1. The lowest BCUT2D eigenvalue weighted by Crippen LogP contribution is -2.42. The smallest absolute Gasteiger partial charge is 0.336 e. The number of halogens is 2. The van der Waals surface area contributed by atoms with Gasteiger partial charge in [0.25, 0.3) is 5.56 Å². The summed E-state index contributed by atoms with van der Waals surface area (Å²) in [6.45, 7) is 0.322. The Morgan fingerprint density at radius 1 is 1.21 bits per heavy atom. The molecule has 0 aliphatic carbocycles. The highest BCUT2D eigenvalue weighted by Gasteiger charge is 2.17. The number of hydrogen-bond donors (Lipinski definition) is 1. The third-order valence-electron chi connectivity index (χ3n) is 4.14. The summed E-state index contributed by atoms with van der Waals surface area (Å²) in [6.07, 6.45) is 0. The van der Waals surface area contributed by atoms with Crippen molar-refractivity contribution in [2.75, 3.05) is 20.3 Å². The van der Waals surface area contributed by atoms with Gasteiger partial charge in [-0.2, -0.15) is 0 Å². The highest BCUT2D eigenvalue weighted by atomic mass is 35.5. The normalized spacial score (nSPS) is 11.0. The topological polar surface area (TPSA) is 82.3 Å². The lowest BCUT2D eigenvalue weighted by atomic mass is 10.2. The van der Waals surface area contributed by atoms with Gasteiger partial charge in [0.05, 0.1) is 28.2 Å². The summed E-state index contributed by atoms with van der Waals surface area (Å²) in [5.41, 5.74) is -0.878. The molecule has 0 aliphatic heterocycles. The summed E-state index contributed by atoms with van der Waals surface area (Å²) in [7, 11) is 1.51. The van der Waals surface area contributed by atoms with Gasteiger partial charge < -0.3 is 10.1 Å². The average Bonchev–Trinajstić information content (AvgIpc) is 2.68. The van der Waals surface area contributed by atoms with E-state index in [9.17, 15) is 18.8 Å². The number of ether oxygens (including phenoxy) is 1. The van der Waals surface area contributed by atoms with E-state index >= 15 is 0 Å². The van der Waals surface area contributed by atoms with Crippen LogP contribution in [0.1, 0.15) is 0 Å². The van der Waals surface area contributed by atoms with Gasteiger partial charge in [-0.15, -0.1) is 0 Å². The van der Waals surface area contributed by atoms with Crippen LogP contribution in [0, 0.1) is 5.82 Å². The fourth-order valence-electron chi connectivity index (χ4n) is 2.82. The van der Waals surface area contributed by atoms with E-state index in [1.54, 1.807) is 24.3 Å². The number of hydrogen-bond acceptors (Lipinski definition) is 4. The minimum absolute atomic E-state index is 0.112. The molecule has 2 aromatic carbocycles. The van der Waals surface area contributed by atoms with Crippen molar-refractivity contribution in [1.29, 1.82) is 0 Å². The molecule has 0 aliphatic rings. The zero-order chi connectivity index (χ0) is 20.3. The molecule has 146 valence electrons. The van der Waals surface area contributed by atoms with Crippen LogP contribution < -0.4 is 16.6 Å². The van der Waals surface area contributed by atoms with Crippen LogP contribution >= 0.6 is 11.6 Å². The molecule has 1 amide bonds. The van der Waals surface area contributed by atoms with Crippen molar-refractivity contribution < 1.29 is 13.9 Å². The molecule has 7 nitrogen and oxygen atoms in total. The van der Waals surface area contributed by atoms with Crippen LogP contribution in [0.15, 0.2) is 52.1 Å². The van der Waals surface area contributed by atoms with Gasteiger partial charge in [0.15, 0.2) is 0 Å². The number of nitrogens with zero attached hydrogens (tertiary/aromatic N) is 2. The van der Waals surface area contributed by atoms with E-state index in [1.807, 2.05) is 0 Å². The predicted molar refractivity (Wildman–Crippen MR) is 104 cm³/mol. The lowest BCUT2D eigenvalue weighted by Gasteiger charge is -2.14.